The van der Waals surface area contributed by atoms with E-state index in [9.17, 15) is 9.59 Å². The number of carbonyl (C=O) groups is 2. The first-order valence-corrected chi connectivity index (χ1v) is 11.9. The molecule has 0 unspecified atom stereocenters. The van der Waals surface area contributed by atoms with Crippen LogP contribution in [0.1, 0.15) is 50.7 Å². The van der Waals surface area contributed by atoms with Gasteiger partial charge in [-0.15, -0.1) is 0 Å². The van der Waals surface area contributed by atoms with E-state index in [2.05, 4.69) is 12.2 Å². The number of carbonyl (C=O) groups excluding carboxylic acids is 2. The monoisotopic (exact) mass is 476 g/mol. The fourth-order valence-corrected chi connectivity index (χ4v) is 4.18. The zero-order chi connectivity index (χ0) is 23.1. The van der Waals surface area contributed by atoms with Gasteiger partial charge in [0.1, 0.15) is 11.8 Å². The number of rotatable bonds is 9. The number of nitrogens with one attached hydrogen (secondary N) is 1. The molecule has 0 aliphatic heterocycles. The first kappa shape index (κ1) is 24.4. The van der Waals surface area contributed by atoms with E-state index in [1.165, 1.54) is 10.5 Å². The van der Waals surface area contributed by atoms with Gasteiger partial charge in [-0.05, 0) is 61.6 Å². The third-order valence-electron chi connectivity index (χ3n) is 5.90. The minimum atomic E-state index is -0.649. The molecule has 172 valence electrons. The molecule has 0 bridgehead atoms. The van der Waals surface area contributed by atoms with Gasteiger partial charge in [-0.25, -0.2) is 0 Å². The molecule has 0 spiro atoms. The molecular formula is C25H30Cl2N2O3. The van der Waals surface area contributed by atoms with Crippen molar-refractivity contribution in [1.82, 2.24) is 10.2 Å². The molecule has 1 aliphatic rings. The molecule has 1 aliphatic carbocycles. The van der Waals surface area contributed by atoms with E-state index < -0.39 is 6.04 Å². The highest BCUT2D eigenvalue weighted by Crippen LogP contribution is 2.24. The largest absolute Gasteiger partial charge is 0.484 e. The van der Waals surface area contributed by atoms with Crippen molar-refractivity contribution in [1.29, 1.82) is 0 Å². The molecule has 1 saturated carbocycles. The number of amides is 2. The summed E-state index contributed by atoms with van der Waals surface area (Å²) in [7, 11) is 0. The Bertz CT molecular complexity index is 927. The van der Waals surface area contributed by atoms with Gasteiger partial charge in [0.15, 0.2) is 6.61 Å². The number of hydrogen-bond acceptors (Lipinski definition) is 3. The summed E-state index contributed by atoms with van der Waals surface area (Å²) in [6, 6.07) is 12.4. The van der Waals surface area contributed by atoms with E-state index in [0.29, 0.717) is 15.8 Å². The predicted molar refractivity (Wildman–Crippen MR) is 128 cm³/mol. The number of ether oxygens (including phenoxy) is 1. The van der Waals surface area contributed by atoms with Crippen molar-refractivity contribution in [2.24, 2.45) is 0 Å². The van der Waals surface area contributed by atoms with Crippen LogP contribution in [0, 0.1) is 0 Å². The number of hydrogen-bond donors (Lipinski definition) is 1. The van der Waals surface area contributed by atoms with Gasteiger partial charge in [-0.2, -0.15) is 0 Å². The van der Waals surface area contributed by atoms with Crippen LogP contribution in [0.25, 0.3) is 0 Å². The van der Waals surface area contributed by atoms with Gasteiger partial charge in [0.05, 0.1) is 10.0 Å². The average Bonchev–Trinajstić information content (AvgIpc) is 3.31. The quantitative estimate of drug-likeness (QED) is 0.526. The van der Waals surface area contributed by atoms with E-state index in [1.54, 1.807) is 25.1 Å². The zero-order valence-electron chi connectivity index (χ0n) is 18.6. The lowest BCUT2D eigenvalue weighted by atomic mass is 10.1. The van der Waals surface area contributed by atoms with Crippen molar-refractivity contribution in [2.75, 3.05) is 6.61 Å². The summed E-state index contributed by atoms with van der Waals surface area (Å²) in [5, 5.41) is 3.94. The Balaban J connectivity index is 1.71. The Morgan fingerprint density at radius 2 is 1.72 bits per heavy atom. The van der Waals surface area contributed by atoms with Crippen LogP contribution in [0.15, 0.2) is 42.5 Å². The van der Waals surface area contributed by atoms with Crippen LogP contribution in [0.5, 0.6) is 5.75 Å². The number of nitrogens with zero attached hydrogens (tertiary/aromatic N) is 1. The van der Waals surface area contributed by atoms with Gasteiger partial charge in [0, 0.05) is 12.6 Å². The normalized spacial score (nSPS) is 14.8. The van der Waals surface area contributed by atoms with Gasteiger partial charge in [0.2, 0.25) is 5.91 Å². The molecule has 2 amide bonds. The zero-order valence-corrected chi connectivity index (χ0v) is 20.1. The van der Waals surface area contributed by atoms with Crippen LogP contribution < -0.4 is 10.1 Å². The molecule has 0 heterocycles. The van der Waals surface area contributed by atoms with Crippen LogP contribution >= 0.6 is 23.2 Å². The summed E-state index contributed by atoms with van der Waals surface area (Å²) < 4.78 is 5.72. The highest BCUT2D eigenvalue weighted by Gasteiger charge is 2.28. The number of benzene rings is 2. The van der Waals surface area contributed by atoms with Crippen molar-refractivity contribution >= 4 is 35.0 Å². The van der Waals surface area contributed by atoms with Crippen molar-refractivity contribution in [3.05, 3.63) is 63.6 Å². The Morgan fingerprint density at radius 3 is 2.34 bits per heavy atom. The molecular weight excluding hydrogens is 447 g/mol. The summed E-state index contributed by atoms with van der Waals surface area (Å²) in [5.74, 6) is 0.190. The molecule has 2 aromatic carbocycles. The average molecular weight is 477 g/mol. The van der Waals surface area contributed by atoms with E-state index >= 15 is 0 Å². The van der Waals surface area contributed by atoms with Crippen molar-refractivity contribution in [3.63, 3.8) is 0 Å². The molecule has 5 nitrogen and oxygen atoms in total. The molecule has 1 atom stereocenters. The lowest BCUT2D eigenvalue weighted by Gasteiger charge is -2.29. The second-order valence-corrected chi connectivity index (χ2v) is 9.04. The Morgan fingerprint density at radius 1 is 1.06 bits per heavy atom. The third-order valence-corrected chi connectivity index (χ3v) is 6.64. The van der Waals surface area contributed by atoms with Crippen LogP contribution in [0.3, 0.4) is 0 Å². The summed E-state index contributed by atoms with van der Waals surface area (Å²) in [5.41, 5.74) is 1.99. The van der Waals surface area contributed by atoms with Crippen LogP contribution in [-0.2, 0) is 22.6 Å². The number of halogens is 2. The molecule has 0 saturated heterocycles. The highest BCUT2D eigenvalue weighted by molar-refractivity contribution is 6.42. The maximum absolute atomic E-state index is 13.1. The fraction of sp³-hybridized carbons (Fsp3) is 0.440. The van der Waals surface area contributed by atoms with E-state index in [4.69, 9.17) is 27.9 Å². The molecule has 0 aromatic heterocycles. The highest BCUT2D eigenvalue weighted by atomic mass is 35.5. The molecule has 32 heavy (non-hydrogen) atoms. The van der Waals surface area contributed by atoms with Crippen LogP contribution in [-0.4, -0.2) is 35.4 Å². The molecule has 1 N–H and O–H groups in total. The first-order valence-electron chi connectivity index (χ1n) is 11.1. The lowest BCUT2D eigenvalue weighted by Crippen LogP contribution is -2.50. The smallest absolute Gasteiger partial charge is 0.261 e. The second-order valence-electron chi connectivity index (χ2n) is 8.22. The van der Waals surface area contributed by atoms with Crippen molar-refractivity contribution < 1.29 is 14.3 Å². The minimum absolute atomic E-state index is 0.155. The Kier molecular flexibility index (Phi) is 8.83. The van der Waals surface area contributed by atoms with Crippen LogP contribution in [0.2, 0.25) is 10.0 Å². The lowest BCUT2D eigenvalue weighted by molar-refractivity contribution is -0.142. The predicted octanol–water partition coefficient (Wildman–Crippen LogP) is 5.41. The second kappa shape index (κ2) is 11.6. The summed E-state index contributed by atoms with van der Waals surface area (Å²) in [4.78, 5) is 27.6. The van der Waals surface area contributed by atoms with Crippen molar-refractivity contribution in [3.8, 4) is 5.75 Å². The van der Waals surface area contributed by atoms with E-state index in [1.807, 2.05) is 24.3 Å². The molecule has 2 aromatic rings. The molecule has 3 rings (SSSR count). The fourth-order valence-electron chi connectivity index (χ4n) is 3.86. The van der Waals surface area contributed by atoms with E-state index in [0.717, 1.165) is 37.7 Å². The Hall–Kier alpha value is -2.24. The standard InChI is InChI=1S/C25H30Cl2N2O3/c1-3-18-8-11-21(12-9-18)32-16-24(30)29(15-19-10-13-22(26)23(27)14-19)17(2)25(31)28-20-6-4-5-7-20/h8-14,17,20H,3-7,15-16H2,1-2H3,(H,28,31)/t17-/m0/s1. The molecule has 0 radical (unpaired) electrons. The van der Waals surface area contributed by atoms with Crippen molar-refractivity contribution in [2.45, 2.75) is 64.6 Å². The number of aryl methyl sites for hydroxylation is 1. The first-order chi connectivity index (χ1) is 15.4. The minimum Gasteiger partial charge on any atom is -0.484 e. The SMILES string of the molecule is CCc1ccc(OCC(=O)N(Cc2ccc(Cl)c(Cl)c2)[C@@H](C)C(=O)NC2CCCC2)cc1. The molecule has 7 heteroatoms. The Labute approximate surface area is 200 Å². The summed E-state index contributed by atoms with van der Waals surface area (Å²) in [6.07, 6.45) is 5.14. The topological polar surface area (TPSA) is 58.6 Å². The van der Waals surface area contributed by atoms with Gasteiger partial charge in [-0.1, -0.05) is 61.2 Å². The van der Waals surface area contributed by atoms with Gasteiger partial charge in [-0.3, -0.25) is 9.59 Å². The summed E-state index contributed by atoms with van der Waals surface area (Å²) >= 11 is 12.2. The van der Waals surface area contributed by atoms with E-state index in [-0.39, 0.29) is 31.0 Å². The maximum atomic E-state index is 13.1. The summed E-state index contributed by atoms with van der Waals surface area (Å²) in [6.45, 7) is 3.90. The van der Waals surface area contributed by atoms with Crippen LogP contribution in [0.4, 0.5) is 0 Å². The third kappa shape index (κ3) is 6.63. The van der Waals surface area contributed by atoms with Gasteiger partial charge in [0.25, 0.3) is 5.91 Å². The maximum Gasteiger partial charge on any atom is 0.261 e. The molecule has 1 fully saturated rings. The van der Waals surface area contributed by atoms with Gasteiger partial charge >= 0.3 is 0 Å². The van der Waals surface area contributed by atoms with Gasteiger partial charge < -0.3 is 15.0 Å².